The van der Waals surface area contributed by atoms with Crippen molar-refractivity contribution in [3.8, 4) is 0 Å². The molecule has 0 aromatic carbocycles. The van der Waals surface area contributed by atoms with Gasteiger partial charge in [0, 0.05) is 16.1 Å². The van der Waals surface area contributed by atoms with Gasteiger partial charge in [-0.25, -0.2) is 4.98 Å². The summed E-state index contributed by atoms with van der Waals surface area (Å²) in [7, 11) is 0. The van der Waals surface area contributed by atoms with Gasteiger partial charge in [0.15, 0.2) is 5.82 Å². The fraction of sp³-hybridized carbons (Fsp3) is 0.417. The summed E-state index contributed by atoms with van der Waals surface area (Å²) < 4.78 is 0. The number of thiazole rings is 1. The quantitative estimate of drug-likeness (QED) is 0.801. The van der Waals surface area contributed by atoms with Crippen molar-refractivity contribution in [2.75, 3.05) is 5.32 Å². The van der Waals surface area contributed by atoms with E-state index in [1.54, 1.807) is 0 Å². The van der Waals surface area contributed by atoms with Gasteiger partial charge in [-0.15, -0.1) is 11.3 Å². The van der Waals surface area contributed by atoms with E-state index in [1.807, 2.05) is 27.7 Å². The molecular weight excluding hydrogens is 262 g/mol. The molecule has 6 nitrogen and oxygen atoms in total. The van der Waals surface area contributed by atoms with Crippen LogP contribution in [0.2, 0.25) is 0 Å². The van der Waals surface area contributed by atoms with Crippen molar-refractivity contribution < 1.29 is 4.79 Å². The normalized spacial score (nSPS) is 12.5. The highest BCUT2D eigenvalue weighted by Gasteiger charge is 2.18. The first-order valence-electron chi connectivity index (χ1n) is 5.96. The predicted molar refractivity (Wildman–Crippen MR) is 75.5 cm³/mol. The van der Waals surface area contributed by atoms with Gasteiger partial charge in [-0.05, 0) is 27.7 Å². The van der Waals surface area contributed by atoms with Crippen LogP contribution in [0.3, 0.4) is 0 Å². The lowest BCUT2D eigenvalue weighted by molar-refractivity contribution is 0.102. The van der Waals surface area contributed by atoms with E-state index in [1.165, 1.54) is 11.3 Å². The van der Waals surface area contributed by atoms with E-state index in [-0.39, 0.29) is 11.9 Å². The standard InChI is InChI=1S/C12H17N5OS/c1-5-7(3)16-17-10(5)15-11(18)9-8(4)19-12(14-9)6(2)13/h6H,13H2,1-4H3,(H2,15,16,17,18). The molecular formula is C12H17N5OS. The Morgan fingerprint density at radius 1 is 1.42 bits per heavy atom. The Morgan fingerprint density at radius 3 is 2.58 bits per heavy atom. The summed E-state index contributed by atoms with van der Waals surface area (Å²) in [6, 6.07) is -0.167. The lowest BCUT2D eigenvalue weighted by Gasteiger charge is -2.01. The fourth-order valence-electron chi connectivity index (χ4n) is 1.60. The molecule has 4 N–H and O–H groups in total. The Bertz CT molecular complexity index is 614. The number of anilines is 1. The minimum Gasteiger partial charge on any atom is -0.322 e. The van der Waals surface area contributed by atoms with Crippen LogP contribution >= 0.6 is 11.3 Å². The number of H-pyrrole nitrogens is 1. The Morgan fingerprint density at radius 2 is 2.11 bits per heavy atom. The number of amides is 1. The maximum atomic E-state index is 12.2. The zero-order valence-electron chi connectivity index (χ0n) is 11.4. The summed E-state index contributed by atoms with van der Waals surface area (Å²) in [6.45, 7) is 7.51. The minimum atomic E-state index is -0.254. The molecule has 2 aromatic rings. The van der Waals surface area contributed by atoms with E-state index in [4.69, 9.17) is 5.73 Å². The number of rotatable bonds is 3. The number of hydrogen-bond donors (Lipinski definition) is 3. The van der Waals surface area contributed by atoms with Crippen molar-refractivity contribution in [3.05, 3.63) is 26.8 Å². The van der Waals surface area contributed by atoms with Crippen molar-refractivity contribution >= 4 is 23.1 Å². The molecule has 0 aliphatic carbocycles. The molecule has 7 heteroatoms. The minimum absolute atomic E-state index is 0.167. The van der Waals surface area contributed by atoms with E-state index >= 15 is 0 Å². The van der Waals surface area contributed by atoms with E-state index in [2.05, 4.69) is 20.5 Å². The Labute approximate surface area is 115 Å². The Balaban J connectivity index is 2.23. The van der Waals surface area contributed by atoms with Gasteiger partial charge in [0.1, 0.15) is 10.7 Å². The van der Waals surface area contributed by atoms with Crippen LogP contribution in [-0.4, -0.2) is 21.1 Å². The van der Waals surface area contributed by atoms with E-state index in [9.17, 15) is 4.79 Å². The average molecular weight is 279 g/mol. The monoisotopic (exact) mass is 279 g/mol. The Kier molecular flexibility index (Phi) is 3.68. The number of nitrogens with zero attached hydrogens (tertiary/aromatic N) is 2. The molecule has 2 aromatic heterocycles. The topological polar surface area (TPSA) is 96.7 Å². The van der Waals surface area contributed by atoms with Crippen LogP contribution in [0.15, 0.2) is 0 Å². The van der Waals surface area contributed by atoms with Gasteiger partial charge in [-0.2, -0.15) is 5.10 Å². The molecule has 1 unspecified atom stereocenters. The molecule has 0 bridgehead atoms. The van der Waals surface area contributed by atoms with Gasteiger partial charge < -0.3 is 11.1 Å². The summed E-state index contributed by atoms with van der Waals surface area (Å²) in [5.41, 5.74) is 8.05. The Hall–Kier alpha value is -1.73. The number of nitrogens with two attached hydrogens (primary N) is 1. The van der Waals surface area contributed by atoms with Crippen molar-refractivity contribution in [1.82, 2.24) is 15.2 Å². The molecule has 0 radical (unpaired) electrons. The third-order valence-electron chi connectivity index (χ3n) is 2.90. The zero-order valence-corrected chi connectivity index (χ0v) is 12.2. The first kappa shape index (κ1) is 13.7. The number of carbonyl (C=O) groups excluding carboxylic acids is 1. The van der Waals surface area contributed by atoms with Crippen LogP contribution in [-0.2, 0) is 0 Å². The highest BCUT2D eigenvalue weighted by atomic mass is 32.1. The largest absolute Gasteiger partial charge is 0.322 e. The highest BCUT2D eigenvalue weighted by molar-refractivity contribution is 7.12. The first-order chi connectivity index (χ1) is 8.90. The van der Waals surface area contributed by atoms with Crippen LogP contribution in [0.5, 0.6) is 0 Å². The van der Waals surface area contributed by atoms with Gasteiger partial charge >= 0.3 is 0 Å². The van der Waals surface area contributed by atoms with Crippen molar-refractivity contribution in [2.45, 2.75) is 33.7 Å². The number of aromatic amines is 1. The molecule has 0 spiro atoms. The molecule has 0 saturated carbocycles. The maximum Gasteiger partial charge on any atom is 0.276 e. The molecule has 2 heterocycles. The molecule has 0 fully saturated rings. The van der Waals surface area contributed by atoms with Crippen molar-refractivity contribution in [1.29, 1.82) is 0 Å². The average Bonchev–Trinajstić information content (AvgIpc) is 2.87. The smallest absolute Gasteiger partial charge is 0.276 e. The summed E-state index contributed by atoms with van der Waals surface area (Å²) in [5.74, 6) is 0.285. The fourth-order valence-corrected chi connectivity index (χ4v) is 2.47. The van der Waals surface area contributed by atoms with Gasteiger partial charge in [0.2, 0.25) is 0 Å². The molecule has 19 heavy (non-hydrogen) atoms. The molecule has 2 rings (SSSR count). The summed E-state index contributed by atoms with van der Waals surface area (Å²) >= 11 is 1.45. The highest BCUT2D eigenvalue weighted by Crippen LogP contribution is 2.23. The molecule has 1 atom stereocenters. The summed E-state index contributed by atoms with van der Waals surface area (Å²) in [5, 5.41) is 10.4. The third kappa shape index (κ3) is 2.66. The molecule has 102 valence electrons. The third-order valence-corrected chi connectivity index (χ3v) is 4.07. The number of nitrogens with one attached hydrogen (secondary N) is 2. The molecule has 1 amide bonds. The van der Waals surface area contributed by atoms with Crippen LogP contribution in [0, 0.1) is 20.8 Å². The van der Waals surface area contributed by atoms with Crippen LogP contribution in [0.1, 0.15) is 44.6 Å². The lowest BCUT2D eigenvalue weighted by atomic mass is 10.2. The second kappa shape index (κ2) is 5.10. The number of carbonyl (C=O) groups is 1. The first-order valence-corrected chi connectivity index (χ1v) is 6.77. The second-order valence-corrected chi connectivity index (χ2v) is 5.76. The van der Waals surface area contributed by atoms with E-state index in [0.717, 1.165) is 21.1 Å². The number of hydrogen-bond acceptors (Lipinski definition) is 5. The summed E-state index contributed by atoms with van der Waals surface area (Å²) in [6.07, 6.45) is 0. The van der Waals surface area contributed by atoms with Gasteiger partial charge in [-0.3, -0.25) is 9.89 Å². The SMILES string of the molecule is Cc1[nH]nc(NC(=O)c2nc(C(C)N)sc2C)c1C. The van der Waals surface area contributed by atoms with Gasteiger partial charge in [0.05, 0.1) is 6.04 Å². The van der Waals surface area contributed by atoms with Crippen LogP contribution < -0.4 is 11.1 Å². The summed E-state index contributed by atoms with van der Waals surface area (Å²) in [4.78, 5) is 17.3. The maximum absolute atomic E-state index is 12.2. The number of aromatic nitrogens is 3. The van der Waals surface area contributed by atoms with Crippen LogP contribution in [0.25, 0.3) is 0 Å². The molecule has 0 aliphatic heterocycles. The lowest BCUT2D eigenvalue weighted by Crippen LogP contribution is -2.15. The molecule has 0 aliphatic rings. The van der Waals surface area contributed by atoms with Crippen molar-refractivity contribution in [2.24, 2.45) is 5.73 Å². The van der Waals surface area contributed by atoms with Gasteiger partial charge in [0.25, 0.3) is 5.91 Å². The predicted octanol–water partition coefficient (Wildman–Crippen LogP) is 2.06. The van der Waals surface area contributed by atoms with Crippen LogP contribution in [0.4, 0.5) is 5.82 Å². The molecule has 0 saturated heterocycles. The van der Waals surface area contributed by atoms with Crippen molar-refractivity contribution in [3.63, 3.8) is 0 Å². The van der Waals surface area contributed by atoms with Gasteiger partial charge in [-0.1, -0.05) is 0 Å². The number of aryl methyl sites for hydroxylation is 2. The van der Waals surface area contributed by atoms with E-state index < -0.39 is 0 Å². The zero-order chi connectivity index (χ0) is 14.2. The second-order valence-electron chi connectivity index (χ2n) is 4.52. The van der Waals surface area contributed by atoms with E-state index in [0.29, 0.717) is 11.5 Å².